The van der Waals surface area contributed by atoms with Gasteiger partial charge < -0.3 is 5.32 Å². The van der Waals surface area contributed by atoms with Crippen molar-refractivity contribution in [2.45, 2.75) is 71.0 Å². The largest absolute Gasteiger partial charge is 0.325 e. The van der Waals surface area contributed by atoms with Crippen molar-refractivity contribution in [3.63, 3.8) is 0 Å². The van der Waals surface area contributed by atoms with E-state index in [1.807, 2.05) is 28.7 Å². The third-order valence-corrected chi connectivity index (χ3v) is 7.11. The van der Waals surface area contributed by atoms with Gasteiger partial charge in [0, 0.05) is 12.2 Å². The summed E-state index contributed by atoms with van der Waals surface area (Å²) >= 11 is 1.33. The molecular weight excluding hydrogens is 458 g/mol. The molecule has 0 saturated heterocycles. The molecule has 184 valence electrons. The molecule has 2 aromatic carbocycles. The highest BCUT2D eigenvalue weighted by Gasteiger charge is 2.19. The second-order valence-corrected chi connectivity index (χ2v) is 10.3. The smallest absolute Gasteiger partial charge is 0.262 e. The summed E-state index contributed by atoms with van der Waals surface area (Å²) in [7, 11) is 0. The molecule has 0 aliphatic carbocycles. The van der Waals surface area contributed by atoms with E-state index in [-0.39, 0.29) is 17.2 Å². The summed E-state index contributed by atoms with van der Waals surface area (Å²) in [5, 5.41) is 13.1. The standard InChI is InChI=1S/C27H33N5O2S/c1-6-7-15-31-25(34)21-11-8-9-14-22(21)32-26(31)29-30-27(32)35-16-23(33)28-24-19(17(2)3)12-10-13-20(24)18(4)5/h8-14,17-18H,6-7,15-16H2,1-5H3,(H,28,33). The molecule has 35 heavy (non-hydrogen) atoms. The summed E-state index contributed by atoms with van der Waals surface area (Å²) in [4.78, 5) is 26.2. The molecule has 4 aromatic rings. The van der Waals surface area contributed by atoms with E-state index in [1.54, 1.807) is 4.57 Å². The summed E-state index contributed by atoms with van der Waals surface area (Å²) in [5.41, 5.74) is 3.87. The fraction of sp³-hybridized carbons (Fsp3) is 0.407. The molecule has 2 heterocycles. The number of thioether (sulfide) groups is 1. The Balaban J connectivity index is 1.65. The minimum Gasteiger partial charge on any atom is -0.325 e. The van der Waals surface area contributed by atoms with Gasteiger partial charge in [0.1, 0.15) is 0 Å². The Hall–Kier alpha value is -3.13. The van der Waals surface area contributed by atoms with Crippen LogP contribution in [0.2, 0.25) is 0 Å². The van der Waals surface area contributed by atoms with Gasteiger partial charge in [-0.25, -0.2) is 0 Å². The van der Waals surface area contributed by atoms with Crippen LogP contribution in [0.15, 0.2) is 52.4 Å². The number of fused-ring (bicyclic) bond motifs is 3. The minimum absolute atomic E-state index is 0.0604. The van der Waals surface area contributed by atoms with Crippen LogP contribution in [0, 0.1) is 0 Å². The van der Waals surface area contributed by atoms with Crippen molar-refractivity contribution >= 4 is 40.0 Å². The number of nitrogens with zero attached hydrogens (tertiary/aromatic N) is 4. The fourth-order valence-corrected chi connectivity index (χ4v) is 5.09. The topological polar surface area (TPSA) is 81.3 Å². The Morgan fingerprint density at radius 2 is 1.69 bits per heavy atom. The fourth-order valence-electron chi connectivity index (χ4n) is 4.35. The first-order valence-corrected chi connectivity index (χ1v) is 13.2. The summed E-state index contributed by atoms with van der Waals surface area (Å²) in [6.07, 6.45) is 1.84. The van der Waals surface area contributed by atoms with E-state index in [0.29, 0.717) is 34.7 Å². The lowest BCUT2D eigenvalue weighted by molar-refractivity contribution is -0.113. The van der Waals surface area contributed by atoms with E-state index in [9.17, 15) is 9.59 Å². The molecule has 0 fully saturated rings. The molecular formula is C27H33N5O2S. The Bertz CT molecular complexity index is 1390. The van der Waals surface area contributed by atoms with Crippen molar-refractivity contribution in [2.24, 2.45) is 0 Å². The van der Waals surface area contributed by atoms with Gasteiger partial charge in [0.15, 0.2) is 5.16 Å². The van der Waals surface area contributed by atoms with Gasteiger partial charge in [0.05, 0.1) is 16.7 Å². The minimum atomic E-state index is -0.0923. The molecule has 1 amide bonds. The highest BCUT2D eigenvalue weighted by atomic mass is 32.2. The van der Waals surface area contributed by atoms with Crippen molar-refractivity contribution in [3.05, 3.63) is 63.9 Å². The van der Waals surface area contributed by atoms with Gasteiger partial charge in [-0.1, -0.05) is 83.1 Å². The maximum atomic E-state index is 13.1. The first kappa shape index (κ1) is 25.0. The van der Waals surface area contributed by atoms with Crippen LogP contribution in [0.3, 0.4) is 0 Å². The highest BCUT2D eigenvalue weighted by Crippen LogP contribution is 2.32. The highest BCUT2D eigenvalue weighted by molar-refractivity contribution is 7.99. The predicted octanol–water partition coefficient (Wildman–Crippen LogP) is 5.82. The number of unbranched alkanes of at least 4 members (excludes halogenated alkanes) is 1. The predicted molar refractivity (Wildman–Crippen MR) is 144 cm³/mol. The molecule has 0 atom stereocenters. The summed E-state index contributed by atoms with van der Waals surface area (Å²) in [6.45, 7) is 11.2. The first-order chi connectivity index (χ1) is 16.8. The lowest BCUT2D eigenvalue weighted by Gasteiger charge is -2.20. The van der Waals surface area contributed by atoms with Crippen LogP contribution in [0.5, 0.6) is 0 Å². The molecule has 2 aromatic heterocycles. The number of benzene rings is 2. The molecule has 0 spiro atoms. The van der Waals surface area contributed by atoms with Crippen LogP contribution in [-0.4, -0.2) is 30.8 Å². The SMILES string of the molecule is CCCCn1c(=O)c2ccccc2n2c(SCC(=O)Nc3c(C(C)C)cccc3C(C)C)nnc12. The van der Waals surface area contributed by atoms with Crippen LogP contribution in [-0.2, 0) is 11.3 Å². The average molecular weight is 492 g/mol. The van der Waals surface area contributed by atoms with Gasteiger partial charge in [-0.15, -0.1) is 10.2 Å². The molecule has 0 unspecified atom stereocenters. The van der Waals surface area contributed by atoms with Crippen molar-refractivity contribution in [3.8, 4) is 0 Å². The zero-order chi connectivity index (χ0) is 25.1. The van der Waals surface area contributed by atoms with E-state index in [1.165, 1.54) is 11.8 Å². The van der Waals surface area contributed by atoms with Crippen molar-refractivity contribution in [2.75, 3.05) is 11.1 Å². The molecule has 1 N–H and O–H groups in total. The van der Waals surface area contributed by atoms with Crippen LogP contribution >= 0.6 is 11.8 Å². The molecule has 4 rings (SSSR count). The van der Waals surface area contributed by atoms with E-state index < -0.39 is 0 Å². The number of rotatable bonds is 9. The number of hydrogen-bond donors (Lipinski definition) is 1. The average Bonchev–Trinajstić information content (AvgIpc) is 3.26. The normalized spacial score (nSPS) is 11.7. The van der Waals surface area contributed by atoms with Crippen LogP contribution in [0.25, 0.3) is 16.7 Å². The molecule has 0 aliphatic rings. The number of aryl methyl sites for hydroxylation is 1. The van der Waals surface area contributed by atoms with Gasteiger partial charge in [-0.3, -0.25) is 18.6 Å². The lowest BCUT2D eigenvalue weighted by atomic mass is 9.92. The van der Waals surface area contributed by atoms with Crippen LogP contribution in [0.1, 0.15) is 70.4 Å². The zero-order valence-corrected chi connectivity index (χ0v) is 21.9. The molecule has 0 radical (unpaired) electrons. The molecule has 0 saturated carbocycles. The van der Waals surface area contributed by atoms with Crippen molar-refractivity contribution in [1.82, 2.24) is 19.2 Å². The first-order valence-electron chi connectivity index (χ1n) is 12.3. The Morgan fingerprint density at radius 1 is 1.00 bits per heavy atom. The van der Waals surface area contributed by atoms with Crippen molar-refractivity contribution in [1.29, 1.82) is 0 Å². The van der Waals surface area contributed by atoms with E-state index in [4.69, 9.17) is 0 Å². The maximum absolute atomic E-state index is 13.1. The number of para-hydroxylation sites is 2. The Morgan fingerprint density at radius 3 is 2.34 bits per heavy atom. The van der Waals surface area contributed by atoms with Crippen molar-refractivity contribution < 1.29 is 4.79 Å². The monoisotopic (exact) mass is 491 g/mol. The van der Waals surface area contributed by atoms with Crippen LogP contribution in [0.4, 0.5) is 5.69 Å². The number of hydrogen-bond acceptors (Lipinski definition) is 5. The van der Waals surface area contributed by atoms with E-state index in [0.717, 1.165) is 35.2 Å². The molecule has 0 aliphatic heterocycles. The number of amides is 1. The van der Waals surface area contributed by atoms with E-state index >= 15 is 0 Å². The second-order valence-electron chi connectivity index (χ2n) is 9.40. The third kappa shape index (κ3) is 4.98. The van der Waals surface area contributed by atoms with Gasteiger partial charge in [-0.05, 0) is 41.5 Å². The van der Waals surface area contributed by atoms with Gasteiger partial charge >= 0.3 is 0 Å². The zero-order valence-electron chi connectivity index (χ0n) is 21.0. The number of carbonyl (C=O) groups excluding carboxylic acids is 1. The van der Waals surface area contributed by atoms with Gasteiger partial charge in [0.2, 0.25) is 11.7 Å². The molecule has 7 nitrogen and oxygen atoms in total. The number of anilines is 1. The summed E-state index contributed by atoms with van der Waals surface area (Å²) < 4.78 is 3.59. The second kappa shape index (κ2) is 10.6. The molecule has 0 bridgehead atoms. The van der Waals surface area contributed by atoms with Gasteiger partial charge in [0.25, 0.3) is 5.56 Å². The molecule has 8 heteroatoms. The third-order valence-electron chi connectivity index (χ3n) is 6.18. The summed E-state index contributed by atoms with van der Waals surface area (Å²) in [5.74, 6) is 1.20. The van der Waals surface area contributed by atoms with Gasteiger partial charge in [-0.2, -0.15) is 0 Å². The number of aromatic nitrogens is 4. The van der Waals surface area contributed by atoms with Crippen LogP contribution < -0.4 is 10.9 Å². The Kier molecular flexibility index (Phi) is 7.60. The Labute approximate surface area is 210 Å². The quantitative estimate of drug-likeness (QED) is 0.298. The number of carbonyl (C=O) groups is 1. The maximum Gasteiger partial charge on any atom is 0.262 e. The lowest BCUT2D eigenvalue weighted by Crippen LogP contribution is -2.23. The number of nitrogens with one attached hydrogen (secondary N) is 1. The van der Waals surface area contributed by atoms with E-state index in [2.05, 4.69) is 68.3 Å². The summed E-state index contributed by atoms with van der Waals surface area (Å²) in [6, 6.07) is 13.7.